The van der Waals surface area contributed by atoms with Crippen LogP contribution in [0.5, 0.6) is 11.5 Å². The van der Waals surface area contributed by atoms with Crippen molar-refractivity contribution in [1.82, 2.24) is 19.8 Å². The minimum Gasteiger partial charge on any atom is -0.486 e. The number of aromatic nitrogens is 2. The molecule has 0 aliphatic carbocycles. The average Bonchev–Trinajstić information content (AvgIpc) is 3.12. The number of nitrogens with zero attached hydrogens (tertiary/aromatic N) is 3. The van der Waals surface area contributed by atoms with Crippen LogP contribution in [0.1, 0.15) is 44.0 Å². The Bertz CT molecular complexity index is 988. The molecule has 3 heterocycles. The number of hydrogen-bond donors (Lipinski definition) is 3. The first kappa shape index (κ1) is 22.4. The van der Waals surface area contributed by atoms with E-state index in [-0.39, 0.29) is 18.8 Å². The fraction of sp³-hybridized carbons (Fsp3) is 0.609. The Morgan fingerprint density at radius 1 is 1.16 bits per heavy atom. The van der Waals surface area contributed by atoms with E-state index in [0.29, 0.717) is 18.9 Å². The molecule has 9 nitrogen and oxygen atoms in total. The number of amidine groups is 1. The quantitative estimate of drug-likeness (QED) is 0.464. The Morgan fingerprint density at radius 2 is 1.78 bits per heavy atom. The summed E-state index contributed by atoms with van der Waals surface area (Å²) in [4.78, 5) is 23.0. The maximum absolute atomic E-state index is 11.0. The van der Waals surface area contributed by atoms with E-state index in [1.54, 1.807) is 0 Å². The van der Waals surface area contributed by atoms with Gasteiger partial charge in [0.1, 0.15) is 18.0 Å². The number of ether oxygens (including phenoxy) is 2. The second-order valence-corrected chi connectivity index (χ2v) is 8.92. The molecule has 2 saturated heterocycles. The minimum absolute atomic E-state index is 0.0148. The maximum Gasteiger partial charge on any atom is 0.317 e. The predicted molar refractivity (Wildman–Crippen MR) is 122 cm³/mol. The van der Waals surface area contributed by atoms with Crippen molar-refractivity contribution in [2.24, 2.45) is 0 Å². The third-order valence-corrected chi connectivity index (χ3v) is 6.43. The van der Waals surface area contributed by atoms with Crippen molar-refractivity contribution in [3.8, 4) is 11.5 Å². The van der Waals surface area contributed by atoms with Crippen molar-refractivity contribution >= 4 is 22.8 Å². The first-order valence-corrected chi connectivity index (χ1v) is 11.4. The van der Waals surface area contributed by atoms with Crippen LogP contribution in [0.3, 0.4) is 0 Å². The second-order valence-electron chi connectivity index (χ2n) is 8.92. The number of carbonyl (C=O) groups is 1. The highest BCUT2D eigenvalue weighted by molar-refractivity contribution is 5.84. The molecule has 0 unspecified atom stereocenters. The zero-order valence-corrected chi connectivity index (χ0v) is 19.1. The monoisotopic (exact) mass is 443 g/mol. The molecule has 0 atom stereocenters. The molecule has 0 spiro atoms. The lowest BCUT2D eigenvalue weighted by atomic mass is 10.1. The number of aromatic amines is 1. The highest BCUT2D eigenvalue weighted by Crippen LogP contribution is 2.39. The van der Waals surface area contributed by atoms with E-state index >= 15 is 0 Å². The lowest BCUT2D eigenvalue weighted by Crippen LogP contribution is -2.41. The van der Waals surface area contributed by atoms with E-state index in [2.05, 4.69) is 14.9 Å². The SMILES string of the molecule is CC(=N)N1CCC(Oc2cc3[nH]c(C)nc3c(C)c2OC2CCN(CC(=O)O)CC2)CC1. The normalized spacial score (nSPS) is 18.8. The first-order chi connectivity index (χ1) is 15.3. The molecule has 0 saturated carbocycles. The summed E-state index contributed by atoms with van der Waals surface area (Å²) in [6.45, 7) is 8.92. The molecule has 2 fully saturated rings. The van der Waals surface area contributed by atoms with Crippen molar-refractivity contribution in [2.45, 2.75) is 58.7 Å². The number of nitrogens with one attached hydrogen (secondary N) is 2. The van der Waals surface area contributed by atoms with Crippen LogP contribution in [0, 0.1) is 19.3 Å². The van der Waals surface area contributed by atoms with E-state index in [4.69, 9.17) is 20.0 Å². The molecule has 2 aromatic rings. The Labute approximate surface area is 188 Å². The Hall–Kier alpha value is -2.81. The van der Waals surface area contributed by atoms with Gasteiger partial charge in [-0.15, -0.1) is 0 Å². The van der Waals surface area contributed by atoms with Crippen LogP contribution in [0.4, 0.5) is 0 Å². The fourth-order valence-electron chi connectivity index (χ4n) is 4.66. The number of piperidine rings is 2. The molecule has 2 aliphatic rings. The number of aliphatic carboxylic acids is 1. The fourth-order valence-corrected chi connectivity index (χ4v) is 4.66. The molecule has 32 heavy (non-hydrogen) atoms. The largest absolute Gasteiger partial charge is 0.486 e. The van der Waals surface area contributed by atoms with Gasteiger partial charge in [0.2, 0.25) is 0 Å². The summed E-state index contributed by atoms with van der Waals surface area (Å²) in [6.07, 6.45) is 3.37. The predicted octanol–water partition coefficient (Wildman–Crippen LogP) is 2.95. The van der Waals surface area contributed by atoms with Gasteiger partial charge >= 0.3 is 5.97 Å². The molecule has 0 radical (unpaired) electrons. The van der Waals surface area contributed by atoms with Crippen LogP contribution in [0.15, 0.2) is 6.07 Å². The third kappa shape index (κ3) is 4.98. The number of carboxylic acid groups (broad SMARTS) is 1. The molecular weight excluding hydrogens is 410 g/mol. The van der Waals surface area contributed by atoms with Crippen LogP contribution in [0.2, 0.25) is 0 Å². The van der Waals surface area contributed by atoms with Crippen molar-refractivity contribution in [2.75, 3.05) is 32.7 Å². The van der Waals surface area contributed by atoms with Gasteiger partial charge in [-0.25, -0.2) is 4.98 Å². The summed E-state index contributed by atoms with van der Waals surface area (Å²) in [5, 5.41) is 16.9. The van der Waals surface area contributed by atoms with Crippen molar-refractivity contribution in [1.29, 1.82) is 5.41 Å². The molecular formula is C23H33N5O4. The van der Waals surface area contributed by atoms with E-state index < -0.39 is 5.97 Å². The number of hydrogen-bond acceptors (Lipinski definition) is 6. The Balaban J connectivity index is 1.52. The standard InChI is InChI=1S/C23H33N5O4/c1-14-22-19(25-16(3)26-22)12-20(31-17-6-10-28(11-7-17)15(2)24)23(14)32-18-4-8-27(9-5-18)13-21(29)30/h12,17-18,24H,4-11,13H2,1-3H3,(H,25,26)(H,29,30). The number of aryl methyl sites for hydroxylation is 2. The Morgan fingerprint density at radius 3 is 2.41 bits per heavy atom. The van der Waals surface area contributed by atoms with E-state index in [1.807, 2.05) is 31.7 Å². The summed E-state index contributed by atoms with van der Waals surface area (Å²) >= 11 is 0. The summed E-state index contributed by atoms with van der Waals surface area (Å²) in [5.74, 6) is 2.14. The van der Waals surface area contributed by atoms with Gasteiger partial charge in [-0.3, -0.25) is 15.1 Å². The summed E-state index contributed by atoms with van der Waals surface area (Å²) in [5.41, 5.74) is 2.79. The van der Waals surface area contributed by atoms with Gasteiger partial charge < -0.3 is 24.5 Å². The lowest BCUT2D eigenvalue weighted by Gasteiger charge is -2.34. The molecule has 174 valence electrons. The highest BCUT2D eigenvalue weighted by atomic mass is 16.5. The van der Waals surface area contributed by atoms with Crippen LogP contribution >= 0.6 is 0 Å². The zero-order chi connectivity index (χ0) is 22.8. The molecule has 1 aromatic carbocycles. The number of rotatable bonds is 6. The summed E-state index contributed by atoms with van der Waals surface area (Å²) in [7, 11) is 0. The van der Waals surface area contributed by atoms with Gasteiger partial charge in [-0.05, 0) is 33.6 Å². The lowest BCUT2D eigenvalue weighted by molar-refractivity contribution is -0.138. The molecule has 0 amide bonds. The zero-order valence-electron chi connectivity index (χ0n) is 19.1. The van der Waals surface area contributed by atoms with Crippen molar-refractivity contribution < 1.29 is 19.4 Å². The molecule has 4 rings (SSSR count). The van der Waals surface area contributed by atoms with Crippen molar-refractivity contribution in [3.63, 3.8) is 0 Å². The molecule has 3 N–H and O–H groups in total. The van der Waals surface area contributed by atoms with E-state index in [1.165, 1.54) is 0 Å². The molecule has 1 aromatic heterocycles. The average molecular weight is 444 g/mol. The molecule has 2 aliphatic heterocycles. The van der Waals surface area contributed by atoms with E-state index in [9.17, 15) is 4.79 Å². The summed E-state index contributed by atoms with van der Waals surface area (Å²) in [6, 6.07) is 1.99. The molecule has 0 bridgehead atoms. The molecule has 9 heteroatoms. The maximum atomic E-state index is 11.0. The van der Waals surface area contributed by atoms with Gasteiger partial charge in [0.15, 0.2) is 11.5 Å². The van der Waals surface area contributed by atoms with Crippen molar-refractivity contribution in [3.05, 3.63) is 17.5 Å². The number of likely N-dealkylation sites (tertiary alicyclic amines) is 2. The second kappa shape index (κ2) is 9.36. The van der Waals surface area contributed by atoms with Gasteiger partial charge in [0.05, 0.1) is 23.4 Å². The minimum atomic E-state index is -0.792. The smallest absolute Gasteiger partial charge is 0.317 e. The topological polar surface area (TPSA) is 115 Å². The number of fused-ring (bicyclic) bond motifs is 1. The number of benzene rings is 1. The van der Waals surface area contributed by atoms with Gasteiger partial charge in [-0.2, -0.15) is 0 Å². The summed E-state index contributed by atoms with van der Waals surface area (Å²) < 4.78 is 13.0. The number of H-pyrrole nitrogens is 1. The van der Waals surface area contributed by atoms with Crippen LogP contribution in [-0.4, -0.2) is 81.6 Å². The van der Waals surface area contributed by atoms with Crippen LogP contribution in [0.25, 0.3) is 11.0 Å². The van der Waals surface area contributed by atoms with Gasteiger partial charge in [0.25, 0.3) is 0 Å². The number of imidazole rings is 1. The van der Waals surface area contributed by atoms with Gasteiger partial charge in [0, 0.05) is 50.7 Å². The Kier molecular flexibility index (Phi) is 6.55. The van der Waals surface area contributed by atoms with Crippen LogP contribution in [-0.2, 0) is 4.79 Å². The van der Waals surface area contributed by atoms with E-state index in [0.717, 1.165) is 72.7 Å². The third-order valence-electron chi connectivity index (χ3n) is 6.43. The van der Waals surface area contributed by atoms with Gasteiger partial charge in [-0.1, -0.05) is 0 Å². The van der Waals surface area contributed by atoms with Crippen LogP contribution < -0.4 is 9.47 Å². The first-order valence-electron chi connectivity index (χ1n) is 11.4. The highest BCUT2D eigenvalue weighted by Gasteiger charge is 2.27. The number of carboxylic acids is 1.